The van der Waals surface area contributed by atoms with Crippen molar-refractivity contribution >= 4 is 27.6 Å². The summed E-state index contributed by atoms with van der Waals surface area (Å²) in [7, 11) is 0. The van der Waals surface area contributed by atoms with E-state index in [9.17, 15) is 0 Å². The van der Waals surface area contributed by atoms with Crippen molar-refractivity contribution in [3.63, 3.8) is 0 Å². The van der Waals surface area contributed by atoms with Gasteiger partial charge in [0.15, 0.2) is 5.01 Å². The van der Waals surface area contributed by atoms with E-state index in [0.29, 0.717) is 6.54 Å². The number of nitrogens with two attached hydrogens (primary N) is 1. The van der Waals surface area contributed by atoms with E-state index in [0.717, 1.165) is 15.7 Å². The molecule has 2 N–H and O–H groups in total. The van der Waals surface area contributed by atoms with E-state index >= 15 is 0 Å². The lowest BCUT2D eigenvalue weighted by molar-refractivity contribution is 0.960. The average Bonchev–Trinajstić information content (AvgIpc) is 2.91. The Kier molecular flexibility index (Phi) is 2.05. The average molecular weight is 236 g/mol. The standard InChI is InChI=1S/C9H8N4S2/c10-4-6-5-13-9(11-6)15-8(12-13)7-2-1-3-14-7/h1-3,5H,4,10H2. The second-order valence-electron chi connectivity index (χ2n) is 3.05. The molecule has 6 heteroatoms. The summed E-state index contributed by atoms with van der Waals surface area (Å²) >= 11 is 3.27. The Labute approximate surface area is 94.0 Å². The number of rotatable bonds is 2. The van der Waals surface area contributed by atoms with E-state index in [2.05, 4.69) is 16.1 Å². The zero-order chi connectivity index (χ0) is 10.3. The van der Waals surface area contributed by atoms with Crippen LogP contribution in [0.5, 0.6) is 0 Å². The molecule has 0 aliphatic heterocycles. The smallest absolute Gasteiger partial charge is 0.212 e. The molecule has 0 spiro atoms. The van der Waals surface area contributed by atoms with E-state index in [1.807, 2.05) is 17.6 Å². The zero-order valence-electron chi connectivity index (χ0n) is 7.75. The summed E-state index contributed by atoms with van der Waals surface area (Å²) in [6.45, 7) is 0.463. The van der Waals surface area contributed by atoms with Crippen LogP contribution < -0.4 is 5.73 Å². The molecule has 0 aliphatic carbocycles. The topological polar surface area (TPSA) is 56.2 Å². The van der Waals surface area contributed by atoms with Gasteiger partial charge in [0.25, 0.3) is 0 Å². The van der Waals surface area contributed by atoms with Crippen molar-refractivity contribution in [3.8, 4) is 9.88 Å². The minimum Gasteiger partial charge on any atom is -0.325 e. The Balaban J connectivity index is 2.12. The van der Waals surface area contributed by atoms with Crippen LogP contribution in [-0.4, -0.2) is 14.6 Å². The number of hydrogen-bond donors (Lipinski definition) is 1. The van der Waals surface area contributed by atoms with Crippen molar-refractivity contribution in [2.75, 3.05) is 0 Å². The molecular weight excluding hydrogens is 228 g/mol. The van der Waals surface area contributed by atoms with Crippen molar-refractivity contribution in [2.45, 2.75) is 6.54 Å². The maximum atomic E-state index is 5.51. The van der Waals surface area contributed by atoms with Gasteiger partial charge in [-0.1, -0.05) is 17.4 Å². The van der Waals surface area contributed by atoms with Crippen molar-refractivity contribution < 1.29 is 0 Å². The molecule has 3 rings (SSSR count). The predicted octanol–water partition coefficient (Wildman–Crippen LogP) is 1.98. The van der Waals surface area contributed by atoms with Gasteiger partial charge in [0.05, 0.1) is 16.8 Å². The number of thiophene rings is 1. The molecule has 0 aliphatic rings. The summed E-state index contributed by atoms with van der Waals surface area (Å²) in [4.78, 5) is 6.44. The van der Waals surface area contributed by atoms with Gasteiger partial charge in [0.1, 0.15) is 0 Å². The third-order valence-corrected chi connectivity index (χ3v) is 4.00. The Morgan fingerprint density at radius 1 is 1.47 bits per heavy atom. The van der Waals surface area contributed by atoms with Crippen LogP contribution in [0.3, 0.4) is 0 Å². The molecule has 0 unspecified atom stereocenters. The van der Waals surface area contributed by atoms with Gasteiger partial charge in [-0.15, -0.1) is 11.3 Å². The molecule has 0 bridgehead atoms. The summed E-state index contributed by atoms with van der Waals surface area (Å²) in [5.41, 5.74) is 6.39. The lowest BCUT2D eigenvalue weighted by Gasteiger charge is -1.85. The fourth-order valence-corrected chi connectivity index (χ4v) is 3.04. The lowest BCUT2D eigenvalue weighted by Crippen LogP contribution is -1.95. The summed E-state index contributed by atoms with van der Waals surface area (Å²) in [6.07, 6.45) is 1.88. The minimum atomic E-state index is 0.463. The predicted molar refractivity (Wildman–Crippen MR) is 62.1 cm³/mol. The van der Waals surface area contributed by atoms with Crippen LogP contribution >= 0.6 is 22.7 Å². The maximum absolute atomic E-state index is 5.51. The molecule has 0 atom stereocenters. The molecule has 3 aromatic heterocycles. The van der Waals surface area contributed by atoms with Gasteiger partial charge in [-0.05, 0) is 11.4 Å². The van der Waals surface area contributed by atoms with Gasteiger partial charge >= 0.3 is 0 Å². The molecule has 0 radical (unpaired) electrons. The highest BCUT2D eigenvalue weighted by atomic mass is 32.1. The van der Waals surface area contributed by atoms with Crippen molar-refractivity contribution in [1.29, 1.82) is 0 Å². The first-order valence-corrected chi connectivity index (χ1v) is 6.15. The number of hydrogen-bond acceptors (Lipinski definition) is 5. The summed E-state index contributed by atoms with van der Waals surface area (Å²) in [5, 5.41) is 7.51. The van der Waals surface area contributed by atoms with Crippen LogP contribution in [0.2, 0.25) is 0 Å². The fraction of sp³-hybridized carbons (Fsp3) is 0.111. The molecule has 3 aromatic rings. The van der Waals surface area contributed by atoms with Gasteiger partial charge in [-0.2, -0.15) is 5.10 Å². The molecule has 3 heterocycles. The normalized spacial score (nSPS) is 11.3. The minimum absolute atomic E-state index is 0.463. The Hall–Kier alpha value is -1.24. The van der Waals surface area contributed by atoms with Crippen LogP contribution in [0.15, 0.2) is 23.7 Å². The first-order chi connectivity index (χ1) is 7.36. The molecule has 0 saturated carbocycles. The molecular formula is C9H8N4S2. The largest absolute Gasteiger partial charge is 0.325 e. The molecule has 0 amide bonds. The number of nitrogens with zero attached hydrogens (tertiary/aromatic N) is 3. The van der Waals surface area contributed by atoms with Crippen molar-refractivity contribution in [2.24, 2.45) is 5.73 Å². The third kappa shape index (κ3) is 1.46. The van der Waals surface area contributed by atoms with Crippen LogP contribution in [0.1, 0.15) is 5.69 Å². The third-order valence-electron chi connectivity index (χ3n) is 2.03. The monoisotopic (exact) mass is 236 g/mol. The first-order valence-electron chi connectivity index (χ1n) is 4.46. The Morgan fingerprint density at radius 3 is 3.07 bits per heavy atom. The molecule has 0 aromatic carbocycles. The Bertz CT molecular complexity index is 547. The van der Waals surface area contributed by atoms with E-state index in [1.54, 1.807) is 27.2 Å². The van der Waals surface area contributed by atoms with E-state index < -0.39 is 0 Å². The lowest BCUT2D eigenvalue weighted by atomic mass is 10.5. The van der Waals surface area contributed by atoms with E-state index in [4.69, 9.17) is 5.73 Å². The van der Waals surface area contributed by atoms with Gasteiger partial charge in [0, 0.05) is 6.54 Å². The van der Waals surface area contributed by atoms with Gasteiger partial charge in [-0.25, -0.2) is 9.50 Å². The maximum Gasteiger partial charge on any atom is 0.212 e. The van der Waals surface area contributed by atoms with Crippen LogP contribution in [0.25, 0.3) is 14.8 Å². The highest BCUT2D eigenvalue weighted by molar-refractivity contribution is 7.23. The van der Waals surface area contributed by atoms with Crippen LogP contribution in [0.4, 0.5) is 0 Å². The number of imidazole rings is 1. The second-order valence-corrected chi connectivity index (χ2v) is 4.95. The molecule has 0 saturated heterocycles. The molecule has 0 fully saturated rings. The summed E-state index contributed by atoms with van der Waals surface area (Å²) in [5.74, 6) is 0. The fourth-order valence-electron chi connectivity index (χ4n) is 1.34. The zero-order valence-corrected chi connectivity index (χ0v) is 9.38. The summed E-state index contributed by atoms with van der Waals surface area (Å²) < 4.78 is 1.79. The highest BCUT2D eigenvalue weighted by Gasteiger charge is 2.09. The van der Waals surface area contributed by atoms with Gasteiger partial charge in [-0.3, -0.25) is 0 Å². The quantitative estimate of drug-likeness (QED) is 0.740. The number of aromatic nitrogens is 3. The molecule has 15 heavy (non-hydrogen) atoms. The Morgan fingerprint density at radius 2 is 2.40 bits per heavy atom. The second kappa shape index (κ2) is 3.41. The number of fused-ring (bicyclic) bond motifs is 1. The van der Waals surface area contributed by atoms with Crippen molar-refractivity contribution in [3.05, 3.63) is 29.4 Å². The molecule has 76 valence electrons. The first kappa shape index (κ1) is 9.02. The van der Waals surface area contributed by atoms with E-state index in [-0.39, 0.29) is 0 Å². The van der Waals surface area contributed by atoms with Gasteiger partial charge < -0.3 is 5.73 Å². The van der Waals surface area contributed by atoms with Gasteiger partial charge in [0.2, 0.25) is 4.96 Å². The van der Waals surface area contributed by atoms with Crippen LogP contribution in [0, 0.1) is 0 Å². The van der Waals surface area contributed by atoms with E-state index in [1.165, 1.54) is 4.88 Å². The van der Waals surface area contributed by atoms with Crippen LogP contribution in [-0.2, 0) is 6.54 Å². The van der Waals surface area contributed by atoms with Crippen molar-refractivity contribution in [1.82, 2.24) is 14.6 Å². The SMILES string of the molecule is NCc1cn2nc(-c3cccs3)sc2n1. The molecule has 4 nitrogen and oxygen atoms in total. The highest BCUT2D eigenvalue weighted by Crippen LogP contribution is 2.28. The summed E-state index contributed by atoms with van der Waals surface area (Å²) in [6, 6.07) is 4.09.